The number of aliphatic carboxylic acids is 1. The molecule has 2 N–H and O–H groups in total. The zero-order chi connectivity index (χ0) is 10.7. The van der Waals surface area contributed by atoms with Crippen LogP contribution >= 0.6 is 0 Å². The van der Waals surface area contributed by atoms with Gasteiger partial charge >= 0.3 is 5.97 Å². The number of carbonyl (C=O) groups is 2. The molecule has 0 spiro atoms. The largest absolute Gasteiger partial charge is 0.489 e. The van der Waals surface area contributed by atoms with Crippen molar-refractivity contribution in [1.82, 2.24) is 10.2 Å². The fourth-order valence-corrected chi connectivity index (χ4v) is 2.54. The molecule has 6 heteroatoms. The van der Waals surface area contributed by atoms with Gasteiger partial charge in [0, 0.05) is 6.54 Å². The molecule has 2 saturated heterocycles. The minimum Gasteiger partial charge on any atom is -0.489 e. The van der Waals surface area contributed by atoms with Gasteiger partial charge in [-0.05, 0) is 6.92 Å². The molecule has 0 aromatic rings. The number of carbonyl (C=O) groups excluding carboxylic acids is 1. The summed E-state index contributed by atoms with van der Waals surface area (Å²) in [5.41, 5.74) is -0.0128. The Morgan fingerprint density at radius 1 is 1.67 bits per heavy atom. The number of allylic oxidation sites excluding steroid dienone is 1. The summed E-state index contributed by atoms with van der Waals surface area (Å²) in [5, 5.41) is 12.0. The Morgan fingerprint density at radius 3 is 3.07 bits per heavy atom. The first-order valence-corrected chi connectivity index (χ1v) is 4.78. The van der Waals surface area contributed by atoms with Gasteiger partial charge in [-0.3, -0.25) is 9.69 Å². The number of hydrogen-bond acceptors (Lipinski definition) is 4. The quantitative estimate of drug-likeness (QED) is 0.536. The van der Waals surface area contributed by atoms with Crippen molar-refractivity contribution in [3.8, 4) is 0 Å². The number of nitrogens with one attached hydrogen (secondary N) is 1. The van der Waals surface area contributed by atoms with Gasteiger partial charge in [0.15, 0.2) is 5.70 Å². The summed E-state index contributed by atoms with van der Waals surface area (Å²) in [6.45, 7) is 2.18. The van der Waals surface area contributed by atoms with E-state index >= 15 is 0 Å². The molecule has 1 amide bonds. The summed E-state index contributed by atoms with van der Waals surface area (Å²) >= 11 is 0. The molecular weight excluding hydrogens is 200 g/mol. The van der Waals surface area contributed by atoms with Crippen molar-refractivity contribution in [3.05, 3.63) is 11.5 Å². The highest BCUT2D eigenvalue weighted by atomic mass is 16.5. The van der Waals surface area contributed by atoms with Gasteiger partial charge in [0.1, 0.15) is 17.9 Å². The molecule has 0 aromatic carbocycles. The molecule has 0 unspecified atom stereocenters. The van der Waals surface area contributed by atoms with Crippen molar-refractivity contribution in [3.63, 3.8) is 0 Å². The van der Waals surface area contributed by atoms with Crippen molar-refractivity contribution in [2.24, 2.45) is 0 Å². The zero-order valence-electron chi connectivity index (χ0n) is 8.06. The van der Waals surface area contributed by atoms with Crippen molar-refractivity contribution in [2.45, 2.75) is 25.1 Å². The highest BCUT2D eigenvalue weighted by molar-refractivity contribution is 6.00. The number of rotatable bonds is 1. The lowest BCUT2D eigenvalue weighted by Crippen LogP contribution is -2.69. The Kier molecular flexibility index (Phi) is 1.46. The summed E-state index contributed by atoms with van der Waals surface area (Å²) in [7, 11) is 0. The fraction of sp³-hybridized carbons (Fsp3) is 0.556. The molecule has 0 bridgehead atoms. The number of hydrogen-bond donors (Lipinski definition) is 2. The van der Waals surface area contributed by atoms with Crippen LogP contribution in [0.25, 0.3) is 0 Å². The molecule has 15 heavy (non-hydrogen) atoms. The van der Waals surface area contributed by atoms with E-state index in [1.165, 1.54) is 4.90 Å². The molecule has 6 nitrogen and oxygen atoms in total. The van der Waals surface area contributed by atoms with Gasteiger partial charge in [0.25, 0.3) is 0 Å². The number of β-lactam (4-membered cyclic amide) rings is 1. The Labute approximate surface area is 85.5 Å². The predicted molar refractivity (Wildman–Crippen MR) is 47.6 cm³/mol. The summed E-state index contributed by atoms with van der Waals surface area (Å²) in [6, 6.07) is -0.384. The zero-order valence-corrected chi connectivity index (χ0v) is 8.06. The van der Waals surface area contributed by atoms with Gasteiger partial charge in [-0.15, -0.1) is 0 Å². The molecule has 0 saturated carbocycles. The molecule has 80 valence electrons. The van der Waals surface area contributed by atoms with Crippen LogP contribution in [0.4, 0.5) is 0 Å². The summed E-state index contributed by atoms with van der Waals surface area (Å²) in [4.78, 5) is 24.0. The second-order valence-corrected chi connectivity index (χ2v) is 3.95. The van der Waals surface area contributed by atoms with E-state index < -0.39 is 5.97 Å². The SMILES string of the molecule is CC1=C(C(=O)O)N2C(=O)[C@H]3NC[C@@H](O1)[C@@H]32. The maximum Gasteiger partial charge on any atom is 0.356 e. The minimum absolute atomic E-state index is 0.0128. The first-order chi connectivity index (χ1) is 7.11. The van der Waals surface area contributed by atoms with Crippen molar-refractivity contribution in [2.75, 3.05) is 6.54 Å². The van der Waals surface area contributed by atoms with Crippen LogP contribution in [0.5, 0.6) is 0 Å². The minimum atomic E-state index is -1.11. The number of ether oxygens (including phenoxy) is 1. The fourth-order valence-electron chi connectivity index (χ4n) is 2.54. The van der Waals surface area contributed by atoms with Gasteiger partial charge in [-0.1, -0.05) is 0 Å². The maximum absolute atomic E-state index is 11.6. The summed E-state index contributed by atoms with van der Waals surface area (Å²) in [5.74, 6) is -0.952. The van der Waals surface area contributed by atoms with E-state index in [0.717, 1.165) is 0 Å². The van der Waals surface area contributed by atoms with Crippen LogP contribution < -0.4 is 5.32 Å². The van der Waals surface area contributed by atoms with E-state index in [9.17, 15) is 9.59 Å². The average molecular weight is 210 g/mol. The molecule has 3 heterocycles. The average Bonchev–Trinajstić information content (AvgIpc) is 2.55. The maximum atomic E-state index is 11.6. The van der Waals surface area contributed by atoms with Crippen molar-refractivity contribution in [1.29, 1.82) is 0 Å². The molecular formula is C9H10N2O4. The molecule has 3 aliphatic rings. The van der Waals surface area contributed by atoms with E-state index in [4.69, 9.17) is 9.84 Å². The van der Waals surface area contributed by atoms with Crippen molar-refractivity contribution >= 4 is 11.9 Å². The second kappa shape index (κ2) is 2.52. The lowest BCUT2D eigenvalue weighted by molar-refractivity contribution is -0.158. The normalized spacial score (nSPS) is 37.3. The van der Waals surface area contributed by atoms with Crippen LogP contribution in [-0.4, -0.2) is 46.6 Å². The lowest BCUT2D eigenvalue weighted by atomic mass is 9.92. The molecule has 0 aliphatic carbocycles. The summed E-state index contributed by atoms with van der Waals surface area (Å²) < 4.78 is 5.48. The second-order valence-electron chi connectivity index (χ2n) is 3.95. The van der Waals surface area contributed by atoms with Crippen LogP contribution in [0.15, 0.2) is 11.5 Å². The lowest BCUT2D eigenvalue weighted by Gasteiger charge is -2.47. The van der Waals surface area contributed by atoms with Gasteiger partial charge < -0.3 is 15.2 Å². The topological polar surface area (TPSA) is 78.9 Å². The highest BCUT2D eigenvalue weighted by Crippen LogP contribution is 2.38. The number of nitrogens with zero attached hydrogens (tertiary/aromatic N) is 1. The Morgan fingerprint density at radius 2 is 2.40 bits per heavy atom. The van der Waals surface area contributed by atoms with E-state index in [2.05, 4.69) is 5.32 Å². The Hall–Kier alpha value is -1.56. The van der Waals surface area contributed by atoms with Crippen LogP contribution in [0.1, 0.15) is 6.92 Å². The molecule has 0 aromatic heterocycles. The summed E-state index contributed by atoms with van der Waals surface area (Å²) in [6.07, 6.45) is -0.101. The number of amides is 1. The number of carboxylic acids is 1. The van der Waals surface area contributed by atoms with Gasteiger partial charge in [-0.25, -0.2) is 4.79 Å². The third kappa shape index (κ3) is 0.872. The number of carboxylic acid groups (broad SMARTS) is 1. The molecule has 3 rings (SSSR count). The first-order valence-electron chi connectivity index (χ1n) is 4.78. The molecule has 3 aliphatic heterocycles. The highest BCUT2D eigenvalue weighted by Gasteiger charge is 2.60. The third-order valence-electron chi connectivity index (χ3n) is 3.17. The molecule has 3 atom stereocenters. The monoisotopic (exact) mass is 210 g/mol. The van der Waals surface area contributed by atoms with Crippen LogP contribution in [0, 0.1) is 0 Å². The standard InChI is InChI=1S/C9H10N2O4/c1-3-6(9(13)14)11-7-4(15-3)2-10-5(7)8(11)12/h4-5,7,10H,2H2,1H3,(H,13,14)/t4-,5+,7+/m1/s1. The van der Waals surface area contributed by atoms with Crippen molar-refractivity contribution < 1.29 is 19.4 Å². The van der Waals surface area contributed by atoms with Crippen LogP contribution in [0.2, 0.25) is 0 Å². The van der Waals surface area contributed by atoms with Crippen LogP contribution in [-0.2, 0) is 14.3 Å². The Balaban J connectivity index is 2.06. The molecule has 0 radical (unpaired) electrons. The van der Waals surface area contributed by atoms with Gasteiger partial charge in [-0.2, -0.15) is 0 Å². The van der Waals surface area contributed by atoms with E-state index in [1.54, 1.807) is 6.92 Å². The first kappa shape index (κ1) is 8.72. The van der Waals surface area contributed by atoms with Gasteiger partial charge in [0.05, 0.1) is 6.04 Å². The van der Waals surface area contributed by atoms with Gasteiger partial charge in [0.2, 0.25) is 5.91 Å². The Bertz CT molecular complexity index is 403. The van der Waals surface area contributed by atoms with Crippen LogP contribution in [0.3, 0.4) is 0 Å². The predicted octanol–water partition coefficient (Wildman–Crippen LogP) is -1.12. The van der Waals surface area contributed by atoms with E-state index in [-0.39, 0.29) is 29.8 Å². The smallest absolute Gasteiger partial charge is 0.356 e. The van der Waals surface area contributed by atoms with E-state index in [1.807, 2.05) is 0 Å². The third-order valence-corrected chi connectivity index (χ3v) is 3.17. The molecule has 2 fully saturated rings. The van der Waals surface area contributed by atoms with E-state index in [0.29, 0.717) is 12.3 Å².